The molecule has 4 aromatic carbocycles. The zero-order valence-corrected chi connectivity index (χ0v) is 27.4. The third-order valence-electron chi connectivity index (χ3n) is 8.15. The van der Waals surface area contributed by atoms with Gasteiger partial charge in [0.2, 0.25) is 0 Å². The Kier molecular flexibility index (Phi) is 11.3. The monoisotopic (exact) mass is 617 g/mol. The molecule has 1 heterocycles. The van der Waals surface area contributed by atoms with Gasteiger partial charge in [0.25, 0.3) is 11.8 Å². The first-order valence-corrected chi connectivity index (χ1v) is 16.7. The summed E-state index contributed by atoms with van der Waals surface area (Å²) in [5.74, 6) is -0.0872. The van der Waals surface area contributed by atoms with E-state index in [9.17, 15) is 9.59 Å². The summed E-state index contributed by atoms with van der Waals surface area (Å²) in [4.78, 5) is 32.8. The van der Waals surface area contributed by atoms with E-state index in [0.717, 1.165) is 47.8 Å². The lowest BCUT2D eigenvalue weighted by Gasteiger charge is -2.31. The number of carbonyl (C=O) groups excluding carboxylic acids is 2. The molecule has 5 nitrogen and oxygen atoms in total. The first-order valence-electron chi connectivity index (χ1n) is 15.9. The fraction of sp³-hybridized carbons (Fsp3) is 0.282. The summed E-state index contributed by atoms with van der Waals surface area (Å²) in [5.41, 5.74) is 7.26. The minimum absolute atomic E-state index is 0.0123. The molecule has 0 unspecified atom stereocenters. The molecule has 45 heavy (non-hydrogen) atoms. The number of rotatable bonds is 13. The number of carbonyl (C=O) groups is 2. The average molecular weight is 618 g/mol. The molecule has 1 N–H and O–H groups in total. The smallest absolute Gasteiger partial charge is 0.265 e. The Labute approximate surface area is 272 Å². The molecule has 6 heteroatoms. The van der Waals surface area contributed by atoms with Crippen molar-refractivity contribution < 1.29 is 9.59 Å². The number of hydrogen-bond donors (Lipinski definition) is 1. The lowest BCUT2D eigenvalue weighted by molar-refractivity contribution is -0.114. The lowest BCUT2D eigenvalue weighted by atomic mass is 10.0. The van der Waals surface area contributed by atoms with Crippen molar-refractivity contribution in [3.63, 3.8) is 0 Å². The number of anilines is 1. The molecule has 2 amide bonds. The summed E-state index contributed by atoms with van der Waals surface area (Å²) in [6.45, 7) is 10.5. The SMILES string of the molecule is CCCCN(CCCNC(=O)c1ccc(/C=C2/Sc3ccccc3N(Cc3cc(C)ccc3C)C2=O)cc1)Cc1ccccc1. The second-order valence-corrected chi connectivity index (χ2v) is 12.8. The summed E-state index contributed by atoms with van der Waals surface area (Å²) < 4.78 is 0. The predicted molar refractivity (Wildman–Crippen MR) is 187 cm³/mol. The maximum absolute atomic E-state index is 13.8. The minimum Gasteiger partial charge on any atom is -0.352 e. The molecule has 0 aromatic heterocycles. The van der Waals surface area contributed by atoms with Gasteiger partial charge in [0.1, 0.15) is 0 Å². The van der Waals surface area contributed by atoms with Crippen LogP contribution in [0.25, 0.3) is 6.08 Å². The number of aryl methyl sites for hydroxylation is 2. The predicted octanol–water partition coefficient (Wildman–Crippen LogP) is 8.41. The number of thioether (sulfide) groups is 1. The van der Waals surface area contributed by atoms with Crippen molar-refractivity contribution in [3.05, 3.63) is 135 Å². The molecule has 232 valence electrons. The Balaban J connectivity index is 1.20. The van der Waals surface area contributed by atoms with Crippen LogP contribution in [0.15, 0.2) is 107 Å². The van der Waals surface area contributed by atoms with E-state index < -0.39 is 0 Å². The van der Waals surface area contributed by atoms with Gasteiger partial charge in [-0.3, -0.25) is 14.5 Å². The number of unbranched alkanes of at least 4 members (excludes halogenated alkanes) is 1. The van der Waals surface area contributed by atoms with E-state index in [4.69, 9.17) is 0 Å². The maximum Gasteiger partial charge on any atom is 0.265 e. The van der Waals surface area contributed by atoms with Crippen LogP contribution in [0.3, 0.4) is 0 Å². The van der Waals surface area contributed by atoms with Crippen LogP contribution in [0.4, 0.5) is 5.69 Å². The Morgan fingerprint density at radius 2 is 1.62 bits per heavy atom. The molecule has 0 fully saturated rings. The molecule has 0 saturated heterocycles. The van der Waals surface area contributed by atoms with E-state index in [-0.39, 0.29) is 11.8 Å². The zero-order chi connectivity index (χ0) is 31.6. The fourth-order valence-electron chi connectivity index (χ4n) is 5.54. The van der Waals surface area contributed by atoms with Crippen LogP contribution in [0.5, 0.6) is 0 Å². The number of fused-ring (bicyclic) bond motifs is 1. The van der Waals surface area contributed by atoms with E-state index in [1.54, 1.807) is 0 Å². The van der Waals surface area contributed by atoms with Gasteiger partial charge in [0, 0.05) is 30.1 Å². The highest BCUT2D eigenvalue weighted by molar-refractivity contribution is 8.04. The molecule has 0 bridgehead atoms. The molecule has 0 saturated carbocycles. The van der Waals surface area contributed by atoms with Crippen LogP contribution >= 0.6 is 11.8 Å². The first kappa shape index (κ1) is 32.3. The Hall–Kier alpha value is -4.13. The van der Waals surface area contributed by atoms with Crippen LogP contribution in [0, 0.1) is 13.8 Å². The topological polar surface area (TPSA) is 52.7 Å². The molecular weight excluding hydrogens is 575 g/mol. The van der Waals surface area contributed by atoms with Gasteiger partial charge in [0.05, 0.1) is 17.1 Å². The van der Waals surface area contributed by atoms with Crippen molar-refractivity contribution in [2.45, 2.75) is 58.0 Å². The van der Waals surface area contributed by atoms with Crippen molar-refractivity contribution in [3.8, 4) is 0 Å². The molecule has 0 atom stereocenters. The van der Waals surface area contributed by atoms with Crippen LogP contribution in [0.1, 0.15) is 64.4 Å². The van der Waals surface area contributed by atoms with Crippen molar-refractivity contribution in [1.82, 2.24) is 10.2 Å². The summed E-state index contributed by atoms with van der Waals surface area (Å²) in [5, 5.41) is 3.08. The first-order chi connectivity index (χ1) is 21.9. The van der Waals surface area contributed by atoms with E-state index in [1.807, 2.05) is 59.5 Å². The summed E-state index contributed by atoms with van der Waals surface area (Å²) in [6.07, 6.45) is 5.16. The van der Waals surface area contributed by atoms with Gasteiger partial charge >= 0.3 is 0 Å². The normalized spacial score (nSPS) is 13.7. The number of benzene rings is 4. The second kappa shape index (κ2) is 15.7. The van der Waals surface area contributed by atoms with Crippen molar-refractivity contribution in [2.75, 3.05) is 24.5 Å². The molecule has 5 rings (SSSR count). The molecular formula is C39H43N3O2S. The van der Waals surface area contributed by atoms with Gasteiger partial charge in [-0.05, 0) is 85.8 Å². The van der Waals surface area contributed by atoms with Crippen molar-refractivity contribution >= 4 is 35.3 Å². The van der Waals surface area contributed by atoms with Crippen LogP contribution < -0.4 is 10.2 Å². The molecule has 4 aromatic rings. The van der Waals surface area contributed by atoms with Gasteiger partial charge in [0.15, 0.2) is 0 Å². The molecule has 1 aliphatic heterocycles. The van der Waals surface area contributed by atoms with Gasteiger partial charge in [-0.25, -0.2) is 0 Å². The highest BCUT2D eigenvalue weighted by Crippen LogP contribution is 2.42. The summed E-state index contributed by atoms with van der Waals surface area (Å²) in [7, 11) is 0. The van der Waals surface area contributed by atoms with Crippen molar-refractivity contribution in [2.24, 2.45) is 0 Å². The number of nitrogens with zero attached hydrogens (tertiary/aromatic N) is 2. The summed E-state index contributed by atoms with van der Waals surface area (Å²) >= 11 is 1.50. The Morgan fingerprint density at radius 3 is 2.40 bits per heavy atom. The highest BCUT2D eigenvalue weighted by Gasteiger charge is 2.29. The van der Waals surface area contributed by atoms with E-state index in [2.05, 4.69) is 79.5 Å². The number of hydrogen-bond acceptors (Lipinski definition) is 4. The Bertz CT molecular complexity index is 1630. The quantitative estimate of drug-likeness (QED) is 0.121. The maximum atomic E-state index is 13.8. The van der Waals surface area contributed by atoms with E-state index in [0.29, 0.717) is 23.6 Å². The lowest BCUT2D eigenvalue weighted by Crippen LogP contribution is -2.34. The van der Waals surface area contributed by atoms with Crippen molar-refractivity contribution in [1.29, 1.82) is 0 Å². The average Bonchev–Trinajstić information content (AvgIpc) is 3.06. The molecule has 0 radical (unpaired) electrons. The minimum atomic E-state index is -0.0749. The van der Waals surface area contributed by atoms with Crippen LogP contribution in [-0.4, -0.2) is 36.3 Å². The van der Waals surface area contributed by atoms with Gasteiger partial charge in [-0.15, -0.1) is 0 Å². The molecule has 0 spiro atoms. The Morgan fingerprint density at radius 1 is 0.889 bits per heavy atom. The third kappa shape index (κ3) is 8.74. The number of para-hydroxylation sites is 1. The fourth-order valence-corrected chi connectivity index (χ4v) is 6.60. The zero-order valence-electron chi connectivity index (χ0n) is 26.6. The van der Waals surface area contributed by atoms with E-state index in [1.165, 1.54) is 41.3 Å². The highest BCUT2D eigenvalue weighted by atomic mass is 32.2. The largest absolute Gasteiger partial charge is 0.352 e. The van der Waals surface area contributed by atoms with Gasteiger partial charge < -0.3 is 10.2 Å². The number of amides is 2. The van der Waals surface area contributed by atoms with Gasteiger partial charge in [-0.1, -0.05) is 103 Å². The standard InChI is InChI=1S/C39H43N3O2S/c1-4-5-23-41(27-32-12-7-6-8-13-32)24-11-22-40-38(43)33-20-18-31(19-21-33)26-37-39(44)42(35-14-9-10-15-36(35)45-37)28-34-25-29(2)16-17-30(34)3/h6-10,12-21,25-26H,4-5,11,22-24,27-28H2,1-3H3,(H,40,43)/b37-26+. The molecule has 0 aliphatic carbocycles. The van der Waals surface area contributed by atoms with Gasteiger partial charge in [-0.2, -0.15) is 0 Å². The second-order valence-electron chi connectivity index (χ2n) is 11.7. The molecule has 1 aliphatic rings. The van der Waals surface area contributed by atoms with E-state index >= 15 is 0 Å². The van der Waals surface area contributed by atoms with Crippen LogP contribution in [-0.2, 0) is 17.9 Å². The van der Waals surface area contributed by atoms with Crippen LogP contribution in [0.2, 0.25) is 0 Å². The number of nitrogens with one attached hydrogen (secondary N) is 1. The summed E-state index contributed by atoms with van der Waals surface area (Å²) in [6, 6.07) is 32.5. The third-order valence-corrected chi connectivity index (χ3v) is 9.23.